The van der Waals surface area contributed by atoms with E-state index in [1.165, 1.54) is 6.92 Å². The first-order chi connectivity index (χ1) is 8.74. The minimum atomic E-state index is -4.87. The van der Waals surface area contributed by atoms with Gasteiger partial charge in [0.15, 0.2) is 5.75 Å². The van der Waals surface area contributed by atoms with Gasteiger partial charge in [0.05, 0.1) is 24.9 Å². The Morgan fingerprint density at radius 3 is 2.63 bits per heavy atom. The summed E-state index contributed by atoms with van der Waals surface area (Å²) < 4.78 is 44.5. The minimum absolute atomic E-state index is 0.0644. The van der Waals surface area contributed by atoms with Gasteiger partial charge in [0.1, 0.15) is 5.75 Å². The molecule has 0 unspecified atom stereocenters. The molecule has 0 aliphatic rings. The number of hydrogen-bond acceptors (Lipinski definition) is 5. The molecule has 0 saturated carbocycles. The molecular weight excluding hydrogens is 267 g/mol. The Kier molecular flexibility index (Phi) is 4.57. The van der Waals surface area contributed by atoms with Crippen LogP contribution >= 0.6 is 0 Å². The molecule has 0 amide bonds. The van der Waals surface area contributed by atoms with E-state index in [4.69, 9.17) is 0 Å². The smallest absolute Gasteiger partial charge is 0.506 e. The zero-order chi connectivity index (χ0) is 14.6. The van der Waals surface area contributed by atoms with E-state index in [0.717, 1.165) is 6.20 Å². The fourth-order valence-electron chi connectivity index (χ4n) is 1.33. The molecule has 1 aromatic heterocycles. The SMILES string of the molecule is CCOC(=O)Cc1ncc(OC(F)(F)F)c(C)c1O. The number of carbonyl (C=O) groups is 1. The van der Waals surface area contributed by atoms with Gasteiger partial charge < -0.3 is 14.6 Å². The van der Waals surface area contributed by atoms with Crippen LogP contribution in [0.1, 0.15) is 18.2 Å². The van der Waals surface area contributed by atoms with Crippen LogP contribution in [0.15, 0.2) is 6.20 Å². The van der Waals surface area contributed by atoms with Gasteiger partial charge in [-0.1, -0.05) is 0 Å². The lowest BCUT2D eigenvalue weighted by atomic mass is 10.1. The van der Waals surface area contributed by atoms with E-state index in [0.29, 0.717) is 0 Å². The Hall–Kier alpha value is -1.99. The molecule has 0 bridgehead atoms. The van der Waals surface area contributed by atoms with Gasteiger partial charge in [0.2, 0.25) is 0 Å². The second-order valence-electron chi connectivity index (χ2n) is 3.57. The van der Waals surface area contributed by atoms with Crippen LogP contribution in [0, 0.1) is 6.92 Å². The van der Waals surface area contributed by atoms with Crippen molar-refractivity contribution in [3.05, 3.63) is 17.5 Å². The molecule has 0 atom stereocenters. The van der Waals surface area contributed by atoms with Crippen molar-refractivity contribution in [1.82, 2.24) is 4.98 Å². The Morgan fingerprint density at radius 2 is 2.11 bits per heavy atom. The summed E-state index contributed by atoms with van der Waals surface area (Å²) in [6.45, 7) is 3.00. The number of halogens is 3. The lowest BCUT2D eigenvalue weighted by Crippen LogP contribution is -2.18. The minimum Gasteiger partial charge on any atom is -0.506 e. The average Bonchev–Trinajstić information content (AvgIpc) is 2.28. The number of nitrogens with zero attached hydrogens (tertiary/aromatic N) is 1. The predicted molar refractivity (Wildman–Crippen MR) is 57.7 cm³/mol. The van der Waals surface area contributed by atoms with Crippen molar-refractivity contribution >= 4 is 5.97 Å². The molecule has 8 heteroatoms. The molecule has 106 valence electrons. The summed E-state index contributed by atoms with van der Waals surface area (Å²) in [6.07, 6.45) is -4.40. The normalized spacial score (nSPS) is 11.2. The number of aromatic hydroxyl groups is 1. The summed E-state index contributed by atoms with van der Waals surface area (Å²) in [6, 6.07) is 0. The highest BCUT2D eigenvalue weighted by Gasteiger charge is 2.32. The highest BCUT2D eigenvalue weighted by molar-refractivity contribution is 5.73. The molecule has 1 heterocycles. The standard InChI is InChI=1S/C11H12F3NO4/c1-3-18-9(16)4-7-10(17)6(2)8(5-15-7)19-11(12,13)14/h5,17H,3-4H2,1-2H3. The third-order valence-corrected chi connectivity index (χ3v) is 2.18. The first-order valence-electron chi connectivity index (χ1n) is 5.33. The van der Waals surface area contributed by atoms with Crippen LogP contribution < -0.4 is 4.74 Å². The van der Waals surface area contributed by atoms with Gasteiger partial charge >= 0.3 is 12.3 Å². The number of esters is 1. The Labute approximate surface area is 107 Å². The Morgan fingerprint density at radius 1 is 1.47 bits per heavy atom. The lowest BCUT2D eigenvalue weighted by Gasteiger charge is -2.13. The molecule has 1 rings (SSSR count). The number of rotatable bonds is 4. The zero-order valence-corrected chi connectivity index (χ0v) is 10.2. The molecule has 1 aromatic rings. The van der Waals surface area contributed by atoms with Crippen LogP contribution in [0.2, 0.25) is 0 Å². The Bertz CT molecular complexity index is 474. The second kappa shape index (κ2) is 5.77. The van der Waals surface area contributed by atoms with Crippen molar-refractivity contribution in [2.75, 3.05) is 6.61 Å². The van der Waals surface area contributed by atoms with Crippen LogP contribution in [0.5, 0.6) is 11.5 Å². The molecule has 0 aliphatic heterocycles. The number of aromatic nitrogens is 1. The van der Waals surface area contributed by atoms with Crippen molar-refractivity contribution in [3.8, 4) is 11.5 Å². The quantitative estimate of drug-likeness (QED) is 0.855. The van der Waals surface area contributed by atoms with Crippen molar-refractivity contribution in [2.45, 2.75) is 26.6 Å². The zero-order valence-electron chi connectivity index (χ0n) is 10.2. The van der Waals surface area contributed by atoms with E-state index < -0.39 is 23.8 Å². The number of alkyl halides is 3. The summed E-state index contributed by atoms with van der Waals surface area (Å²) in [5.74, 6) is -1.76. The third kappa shape index (κ3) is 4.31. The summed E-state index contributed by atoms with van der Waals surface area (Å²) >= 11 is 0. The number of carbonyl (C=O) groups excluding carboxylic acids is 1. The van der Waals surface area contributed by atoms with Crippen molar-refractivity contribution < 1.29 is 32.5 Å². The van der Waals surface area contributed by atoms with Crippen LogP contribution in [0.3, 0.4) is 0 Å². The molecule has 0 fully saturated rings. The van der Waals surface area contributed by atoms with Crippen molar-refractivity contribution in [2.24, 2.45) is 0 Å². The van der Waals surface area contributed by atoms with Gasteiger partial charge in [-0.05, 0) is 13.8 Å². The number of hydrogen-bond donors (Lipinski definition) is 1. The molecular formula is C11H12F3NO4. The van der Waals surface area contributed by atoms with Gasteiger partial charge in [0, 0.05) is 5.56 Å². The number of ether oxygens (including phenoxy) is 2. The Balaban J connectivity index is 2.94. The van der Waals surface area contributed by atoms with Gasteiger partial charge in [-0.2, -0.15) is 0 Å². The van der Waals surface area contributed by atoms with Gasteiger partial charge in [0.25, 0.3) is 0 Å². The highest BCUT2D eigenvalue weighted by Crippen LogP contribution is 2.32. The van der Waals surface area contributed by atoms with E-state index in [2.05, 4.69) is 14.5 Å². The van der Waals surface area contributed by atoms with E-state index in [1.54, 1.807) is 6.92 Å². The predicted octanol–water partition coefficient (Wildman–Crippen LogP) is 2.10. The van der Waals surface area contributed by atoms with Gasteiger partial charge in [-0.15, -0.1) is 13.2 Å². The molecule has 0 aromatic carbocycles. The van der Waals surface area contributed by atoms with E-state index in [9.17, 15) is 23.1 Å². The monoisotopic (exact) mass is 279 g/mol. The first kappa shape index (κ1) is 15.1. The number of pyridine rings is 1. The fourth-order valence-corrected chi connectivity index (χ4v) is 1.33. The third-order valence-electron chi connectivity index (χ3n) is 2.18. The molecule has 19 heavy (non-hydrogen) atoms. The second-order valence-corrected chi connectivity index (χ2v) is 3.57. The lowest BCUT2D eigenvalue weighted by molar-refractivity contribution is -0.275. The van der Waals surface area contributed by atoms with Gasteiger partial charge in [-0.25, -0.2) is 0 Å². The first-order valence-corrected chi connectivity index (χ1v) is 5.33. The van der Waals surface area contributed by atoms with Gasteiger partial charge in [-0.3, -0.25) is 9.78 Å². The van der Waals surface area contributed by atoms with Crippen LogP contribution in [0.25, 0.3) is 0 Å². The average molecular weight is 279 g/mol. The van der Waals surface area contributed by atoms with E-state index in [1.807, 2.05) is 0 Å². The molecule has 0 spiro atoms. The van der Waals surface area contributed by atoms with Crippen LogP contribution in [-0.4, -0.2) is 29.0 Å². The largest absolute Gasteiger partial charge is 0.573 e. The molecule has 5 nitrogen and oxygen atoms in total. The fraction of sp³-hybridized carbons (Fsp3) is 0.455. The van der Waals surface area contributed by atoms with Crippen molar-refractivity contribution in [1.29, 1.82) is 0 Å². The summed E-state index contributed by atoms with van der Waals surface area (Å²) in [5.41, 5.74) is -0.211. The highest BCUT2D eigenvalue weighted by atomic mass is 19.4. The maximum atomic E-state index is 12.1. The van der Waals surface area contributed by atoms with Crippen molar-refractivity contribution in [3.63, 3.8) is 0 Å². The topological polar surface area (TPSA) is 68.7 Å². The summed E-state index contributed by atoms with van der Waals surface area (Å²) in [7, 11) is 0. The van der Waals surface area contributed by atoms with E-state index in [-0.39, 0.29) is 24.3 Å². The maximum absolute atomic E-state index is 12.1. The molecule has 0 radical (unpaired) electrons. The van der Waals surface area contributed by atoms with E-state index >= 15 is 0 Å². The summed E-state index contributed by atoms with van der Waals surface area (Å²) in [4.78, 5) is 14.8. The maximum Gasteiger partial charge on any atom is 0.573 e. The summed E-state index contributed by atoms with van der Waals surface area (Å²) in [5, 5.41) is 9.67. The van der Waals surface area contributed by atoms with Crippen LogP contribution in [-0.2, 0) is 16.0 Å². The van der Waals surface area contributed by atoms with Crippen LogP contribution in [0.4, 0.5) is 13.2 Å². The molecule has 0 aliphatic carbocycles. The molecule has 1 N–H and O–H groups in total. The molecule has 0 saturated heterocycles.